The van der Waals surface area contributed by atoms with Crippen LogP contribution in [-0.4, -0.2) is 0 Å². The molecular weight excluding hydrogens is 276 g/mol. The first kappa shape index (κ1) is 13.9. The smallest absolute Gasteiger partial charge is 0.0992 e. The molecule has 1 unspecified atom stereocenters. The summed E-state index contributed by atoms with van der Waals surface area (Å²) in [6, 6.07) is 9.74. The third-order valence-corrected chi connectivity index (χ3v) is 4.32. The zero-order valence-electron chi connectivity index (χ0n) is 11.1. The van der Waals surface area contributed by atoms with Crippen LogP contribution in [0.1, 0.15) is 33.8 Å². The molecule has 0 bridgehead atoms. The summed E-state index contributed by atoms with van der Waals surface area (Å²) < 4.78 is 0. The van der Waals surface area contributed by atoms with Crippen molar-refractivity contribution in [2.75, 3.05) is 5.32 Å². The van der Waals surface area contributed by atoms with Crippen molar-refractivity contribution >= 4 is 28.6 Å². The predicted molar refractivity (Wildman–Crippen MR) is 82.0 cm³/mol. The summed E-state index contributed by atoms with van der Waals surface area (Å²) in [6.45, 7) is 6.33. The highest BCUT2D eigenvalue weighted by Gasteiger charge is 2.12. The number of aryl methyl sites for hydroxylation is 2. The molecule has 1 atom stereocenters. The van der Waals surface area contributed by atoms with Crippen molar-refractivity contribution < 1.29 is 0 Å². The summed E-state index contributed by atoms with van der Waals surface area (Å²) in [5.41, 5.74) is 2.69. The second kappa shape index (κ2) is 5.64. The fourth-order valence-electron chi connectivity index (χ4n) is 2.10. The normalized spacial score (nSPS) is 11.9. The molecule has 0 aliphatic carbocycles. The number of benzene rings is 1. The van der Waals surface area contributed by atoms with E-state index in [1.165, 1.54) is 15.3 Å². The van der Waals surface area contributed by atoms with Gasteiger partial charge in [-0.2, -0.15) is 5.26 Å². The van der Waals surface area contributed by atoms with E-state index in [-0.39, 0.29) is 6.04 Å². The van der Waals surface area contributed by atoms with E-state index in [4.69, 9.17) is 16.9 Å². The van der Waals surface area contributed by atoms with E-state index in [2.05, 4.69) is 38.2 Å². The summed E-state index contributed by atoms with van der Waals surface area (Å²) in [4.78, 5) is 2.61. The first-order valence-corrected chi connectivity index (χ1v) is 7.24. The van der Waals surface area contributed by atoms with Gasteiger partial charge in [-0.25, -0.2) is 0 Å². The van der Waals surface area contributed by atoms with Crippen molar-refractivity contribution in [3.63, 3.8) is 0 Å². The van der Waals surface area contributed by atoms with Crippen LogP contribution in [-0.2, 0) is 0 Å². The van der Waals surface area contributed by atoms with Gasteiger partial charge >= 0.3 is 0 Å². The Kier molecular flexibility index (Phi) is 4.14. The van der Waals surface area contributed by atoms with Gasteiger partial charge in [0.15, 0.2) is 0 Å². The number of anilines is 1. The molecule has 0 spiro atoms. The molecule has 2 rings (SSSR count). The Balaban J connectivity index is 2.26. The molecule has 0 fully saturated rings. The lowest BCUT2D eigenvalue weighted by molar-refractivity contribution is 0.882. The Hall–Kier alpha value is -1.50. The van der Waals surface area contributed by atoms with E-state index in [0.29, 0.717) is 10.6 Å². The first-order valence-electron chi connectivity index (χ1n) is 6.04. The Morgan fingerprint density at radius 2 is 2.05 bits per heavy atom. The number of nitrogens with one attached hydrogen (secondary N) is 1. The van der Waals surface area contributed by atoms with Gasteiger partial charge in [0.2, 0.25) is 0 Å². The minimum Gasteiger partial charge on any atom is -0.377 e. The molecule has 1 aromatic carbocycles. The van der Waals surface area contributed by atoms with Crippen LogP contribution in [0.3, 0.4) is 0 Å². The van der Waals surface area contributed by atoms with Crippen LogP contribution in [0, 0.1) is 25.2 Å². The van der Waals surface area contributed by atoms with Crippen molar-refractivity contribution in [2.24, 2.45) is 0 Å². The molecule has 1 heterocycles. The maximum atomic E-state index is 8.93. The standard InChI is InChI=1S/C15H15ClN2S/c1-9-6-13(11(3)19-9)10(2)18-15-7-12(8-17)4-5-14(15)16/h4-7,10,18H,1-3H3. The average Bonchev–Trinajstić information content (AvgIpc) is 2.71. The summed E-state index contributed by atoms with van der Waals surface area (Å²) in [5, 5.41) is 12.9. The van der Waals surface area contributed by atoms with Crippen LogP contribution < -0.4 is 5.32 Å². The van der Waals surface area contributed by atoms with Crippen molar-refractivity contribution in [1.82, 2.24) is 0 Å². The number of hydrogen-bond donors (Lipinski definition) is 1. The monoisotopic (exact) mass is 290 g/mol. The lowest BCUT2D eigenvalue weighted by Crippen LogP contribution is -2.07. The van der Waals surface area contributed by atoms with Crippen LogP contribution >= 0.6 is 22.9 Å². The number of halogens is 1. The maximum Gasteiger partial charge on any atom is 0.0992 e. The van der Waals surface area contributed by atoms with Gasteiger partial charge in [0, 0.05) is 15.8 Å². The number of hydrogen-bond acceptors (Lipinski definition) is 3. The molecule has 19 heavy (non-hydrogen) atoms. The maximum absolute atomic E-state index is 8.93. The number of rotatable bonds is 3. The Bertz CT molecular complexity index is 640. The lowest BCUT2D eigenvalue weighted by atomic mass is 10.1. The molecule has 98 valence electrons. The van der Waals surface area contributed by atoms with E-state index in [9.17, 15) is 0 Å². The van der Waals surface area contributed by atoms with Crippen LogP contribution in [0.25, 0.3) is 0 Å². The molecule has 0 amide bonds. The highest BCUT2D eigenvalue weighted by atomic mass is 35.5. The molecule has 1 N–H and O–H groups in total. The summed E-state index contributed by atoms with van der Waals surface area (Å²) in [7, 11) is 0. The van der Waals surface area contributed by atoms with Gasteiger partial charge < -0.3 is 5.32 Å². The van der Waals surface area contributed by atoms with E-state index in [1.807, 2.05) is 0 Å². The topological polar surface area (TPSA) is 35.8 Å². The lowest BCUT2D eigenvalue weighted by Gasteiger charge is -2.16. The molecule has 2 aromatic rings. The molecule has 0 aliphatic rings. The summed E-state index contributed by atoms with van der Waals surface area (Å²) >= 11 is 7.96. The molecule has 4 heteroatoms. The third-order valence-electron chi connectivity index (χ3n) is 3.01. The molecule has 0 saturated carbocycles. The zero-order chi connectivity index (χ0) is 14.0. The Labute approximate surface area is 122 Å². The highest BCUT2D eigenvalue weighted by molar-refractivity contribution is 7.12. The fourth-order valence-corrected chi connectivity index (χ4v) is 3.29. The molecule has 1 aromatic heterocycles. The molecule has 2 nitrogen and oxygen atoms in total. The van der Waals surface area contributed by atoms with E-state index < -0.39 is 0 Å². The molecule has 0 saturated heterocycles. The van der Waals surface area contributed by atoms with Gasteiger partial charge in [0.1, 0.15) is 0 Å². The summed E-state index contributed by atoms with van der Waals surface area (Å²) in [6.07, 6.45) is 0. The van der Waals surface area contributed by atoms with E-state index in [1.54, 1.807) is 29.5 Å². The van der Waals surface area contributed by atoms with Crippen molar-refractivity contribution in [2.45, 2.75) is 26.8 Å². The summed E-state index contributed by atoms with van der Waals surface area (Å²) in [5.74, 6) is 0. The van der Waals surface area contributed by atoms with Crippen LogP contribution in [0.5, 0.6) is 0 Å². The van der Waals surface area contributed by atoms with Gasteiger partial charge in [-0.3, -0.25) is 0 Å². The third kappa shape index (κ3) is 3.09. The molecular formula is C15H15ClN2S. The van der Waals surface area contributed by atoms with Crippen molar-refractivity contribution in [3.05, 3.63) is 50.2 Å². The van der Waals surface area contributed by atoms with Crippen LogP contribution in [0.2, 0.25) is 5.02 Å². The predicted octanol–water partition coefficient (Wildman–Crippen LogP) is 5.06. The molecule has 0 radical (unpaired) electrons. The van der Waals surface area contributed by atoms with Crippen molar-refractivity contribution in [3.8, 4) is 6.07 Å². The van der Waals surface area contributed by atoms with Crippen LogP contribution in [0.15, 0.2) is 24.3 Å². The van der Waals surface area contributed by atoms with Gasteiger partial charge in [-0.1, -0.05) is 11.6 Å². The second-order valence-electron chi connectivity index (χ2n) is 4.54. The second-order valence-corrected chi connectivity index (χ2v) is 6.41. The van der Waals surface area contributed by atoms with Gasteiger partial charge in [-0.15, -0.1) is 11.3 Å². The SMILES string of the molecule is Cc1cc(C(C)Nc2cc(C#N)ccc2Cl)c(C)s1. The van der Waals surface area contributed by atoms with Crippen molar-refractivity contribution in [1.29, 1.82) is 5.26 Å². The van der Waals surface area contributed by atoms with Gasteiger partial charge in [-0.05, 0) is 50.6 Å². The minimum absolute atomic E-state index is 0.163. The Morgan fingerprint density at radius 1 is 1.32 bits per heavy atom. The van der Waals surface area contributed by atoms with Crippen LogP contribution in [0.4, 0.5) is 5.69 Å². The highest BCUT2D eigenvalue weighted by Crippen LogP contribution is 2.31. The van der Waals surface area contributed by atoms with Gasteiger partial charge in [0.05, 0.1) is 22.3 Å². The number of nitrogens with zero attached hydrogens (tertiary/aromatic N) is 1. The zero-order valence-corrected chi connectivity index (χ0v) is 12.7. The largest absolute Gasteiger partial charge is 0.377 e. The number of nitriles is 1. The minimum atomic E-state index is 0.163. The quantitative estimate of drug-likeness (QED) is 0.857. The van der Waals surface area contributed by atoms with E-state index >= 15 is 0 Å². The average molecular weight is 291 g/mol. The fraction of sp³-hybridized carbons (Fsp3) is 0.267. The number of thiophene rings is 1. The van der Waals surface area contributed by atoms with Gasteiger partial charge in [0.25, 0.3) is 0 Å². The molecule has 0 aliphatic heterocycles. The first-order chi connectivity index (χ1) is 9.01. The Morgan fingerprint density at radius 3 is 2.63 bits per heavy atom. The van der Waals surface area contributed by atoms with E-state index in [0.717, 1.165) is 5.69 Å².